The van der Waals surface area contributed by atoms with Crippen molar-refractivity contribution in [2.45, 2.75) is 33.2 Å². The van der Waals surface area contributed by atoms with Crippen LogP contribution in [0.1, 0.15) is 37.6 Å². The molecular formula is C21H27N3O2. The van der Waals surface area contributed by atoms with E-state index in [2.05, 4.69) is 10.6 Å². The molecule has 5 nitrogen and oxygen atoms in total. The summed E-state index contributed by atoms with van der Waals surface area (Å²) in [6.07, 6.45) is 0.891. The number of benzene rings is 2. The zero-order chi connectivity index (χ0) is 18.9. The van der Waals surface area contributed by atoms with E-state index in [4.69, 9.17) is 0 Å². The smallest absolute Gasteiger partial charge is 0.258 e. The van der Waals surface area contributed by atoms with Gasteiger partial charge in [0.1, 0.15) is 0 Å². The predicted octanol–water partition coefficient (Wildman–Crippen LogP) is 3.68. The lowest BCUT2D eigenvalue weighted by molar-refractivity contribution is -0.120. The molecule has 0 radical (unpaired) electrons. The quantitative estimate of drug-likeness (QED) is 0.761. The number of amides is 2. The third-order valence-corrected chi connectivity index (χ3v) is 4.21. The molecule has 0 fully saturated rings. The lowest BCUT2D eigenvalue weighted by Crippen LogP contribution is -2.36. The van der Waals surface area contributed by atoms with Crippen molar-refractivity contribution in [3.63, 3.8) is 0 Å². The Morgan fingerprint density at radius 1 is 1.04 bits per heavy atom. The molecule has 0 aromatic heterocycles. The number of carbonyl (C=O) groups excluding carboxylic acids is 2. The second-order valence-electron chi connectivity index (χ2n) is 6.20. The van der Waals surface area contributed by atoms with E-state index in [1.54, 1.807) is 17.0 Å². The Morgan fingerprint density at radius 3 is 2.42 bits per heavy atom. The van der Waals surface area contributed by atoms with Crippen molar-refractivity contribution in [3.05, 3.63) is 60.2 Å². The average Bonchev–Trinajstić information content (AvgIpc) is 2.68. The van der Waals surface area contributed by atoms with Crippen molar-refractivity contribution in [3.8, 4) is 0 Å². The van der Waals surface area contributed by atoms with Crippen molar-refractivity contribution in [2.24, 2.45) is 0 Å². The lowest BCUT2D eigenvalue weighted by atomic mass is 10.1. The third-order valence-electron chi connectivity index (χ3n) is 4.21. The molecule has 26 heavy (non-hydrogen) atoms. The Labute approximate surface area is 155 Å². The van der Waals surface area contributed by atoms with Crippen molar-refractivity contribution in [1.82, 2.24) is 5.32 Å². The standard InChI is InChI=1S/C21H27N3O2/c1-4-16(3)23-20(25)15-22-18-11-9-10-17(14-18)21(26)24(5-2)19-12-7-6-8-13-19/h6-14,16,22H,4-5,15H2,1-3H3,(H,23,25). The Hall–Kier alpha value is -2.82. The summed E-state index contributed by atoms with van der Waals surface area (Å²) >= 11 is 0. The minimum Gasteiger partial charge on any atom is -0.376 e. The topological polar surface area (TPSA) is 61.4 Å². The number of rotatable bonds is 8. The average molecular weight is 353 g/mol. The first-order valence-electron chi connectivity index (χ1n) is 9.05. The minimum atomic E-state index is -0.0635. The van der Waals surface area contributed by atoms with E-state index < -0.39 is 0 Å². The number of hydrogen-bond donors (Lipinski definition) is 2. The van der Waals surface area contributed by atoms with Crippen LogP contribution in [0.5, 0.6) is 0 Å². The molecule has 138 valence electrons. The Balaban J connectivity index is 2.05. The zero-order valence-electron chi connectivity index (χ0n) is 15.7. The first-order chi connectivity index (χ1) is 12.5. The van der Waals surface area contributed by atoms with Crippen LogP contribution in [0.4, 0.5) is 11.4 Å². The molecule has 1 atom stereocenters. The number of nitrogens with zero attached hydrogens (tertiary/aromatic N) is 1. The lowest BCUT2D eigenvalue weighted by Gasteiger charge is -2.21. The highest BCUT2D eigenvalue weighted by atomic mass is 16.2. The molecule has 0 aliphatic heterocycles. The van der Waals surface area contributed by atoms with Crippen molar-refractivity contribution in [2.75, 3.05) is 23.3 Å². The number of hydrogen-bond acceptors (Lipinski definition) is 3. The van der Waals surface area contributed by atoms with Gasteiger partial charge in [-0.25, -0.2) is 0 Å². The van der Waals surface area contributed by atoms with Gasteiger partial charge in [-0.1, -0.05) is 31.2 Å². The van der Waals surface area contributed by atoms with Crippen LogP contribution in [0.15, 0.2) is 54.6 Å². The molecule has 2 amide bonds. The van der Waals surface area contributed by atoms with E-state index in [0.29, 0.717) is 12.1 Å². The van der Waals surface area contributed by atoms with Crippen LogP contribution in [0.3, 0.4) is 0 Å². The second kappa shape index (κ2) is 9.61. The van der Waals surface area contributed by atoms with Gasteiger partial charge in [-0.05, 0) is 50.6 Å². The summed E-state index contributed by atoms with van der Waals surface area (Å²) in [6, 6.07) is 17.0. The number of carbonyl (C=O) groups is 2. The van der Waals surface area contributed by atoms with Crippen LogP contribution in [-0.4, -0.2) is 30.9 Å². The molecule has 0 bridgehead atoms. The fraction of sp³-hybridized carbons (Fsp3) is 0.333. The highest BCUT2D eigenvalue weighted by molar-refractivity contribution is 6.06. The van der Waals surface area contributed by atoms with E-state index in [9.17, 15) is 9.59 Å². The third kappa shape index (κ3) is 5.34. The van der Waals surface area contributed by atoms with Gasteiger partial charge in [0, 0.05) is 29.5 Å². The van der Waals surface area contributed by atoms with E-state index in [1.807, 2.05) is 63.2 Å². The van der Waals surface area contributed by atoms with Crippen LogP contribution in [0.25, 0.3) is 0 Å². The molecule has 5 heteroatoms. The maximum absolute atomic E-state index is 12.9. The highest BCUT2D eigenvalue weighted by Crippen LogP contribution is 2.18. The van der Waals surface area contributed by atoms with Gasteiger partial charge in [-0.2, -0.15) is 0 Å². The predicted molar refractivity (Wildman–Crippen MR) is 107 cm³/mol. The molecule has 0 aliphatic rings. The summed E-state index contributed by atoms with van der Waals surface area (Å²) in [4.78, 5) is 26.5. The maximum Gasteiger partial charge on any atom is 0.258 e. The molecule has 0 saturated carbocycles. The molecule has 2 aromatic rings. The fourth-order valence-corrected chi connectivity index (χ4v) is 2.58. The van der Waals surface area contributed by atoms with E-state index >= 15 is 0 Å². The molecule has 0 heterocycles. The van der Waals surface area contributed by atoms with Crippen molar-refractivity contribution >= 4 is 23.2 Å². The molecule has 0 saturated heterocycles. The zero-order valence-corrected chi connectivity index (χ0v) is 15.7. The summed E-state index contributed by atoms with van der Waals surface area (Å²) in [5, 5.41) is 5.99. The monoisotopic (exact) mass is 353 g/mol. The first kappa shape index (κ1) is 19.5. The summed E-state index contributed by atoms with van der Waals surface area (Å²) < 4.78 is 0. The van der Waals surface area contributed by atoms with Gasteiger partial charge in [0.05, 0.1) is 6.54 Å². The van der Waals surface area contributed by atoms with E-state index in [-0.39, 0.29) is 24.4 Å². The molecular weight excluding hydrogens is 326 g/mol. The van der Waals surface area contributed by atoms with E-state index in [0.717, 1.165) is 17.8 Å². The van der Waals surface area contributed by atoms with Gasteiger partial charge in [0.2, 0.25) is 5.91 Å². The maximum atomic E-state index is 12.9. The second-order valence-corrected chi connectivity index (χ2v) is 6.20. The molecule has 2 rings (SSSR count). The van der Waals surface area contributed by atoms with Crippen molar-refractivity contribution in [1.29, 1.82) is 0 Å². The van der Waals surface area contributed by atoms with Crippen LogP contribution < -0.4 is 15.5 Å². The number of anilines is 2. The number of nitrogens with one attached hydrogen (secondary N) is 2. The Kier molecular flexibility index (Phi) is 7.21. The number of para-hydroxylation sites is 1. The van der Waals surface area contributed by atoms with Crippen LogP contribution in [0.2, 0.25) is 0 Å². The van der Waals surface area contributed by atoms with Crippen molar-refractivity contribution < 1.29 is 9.59 Å². The van der Waals surface area contributed by atoms with Crippen LogP contribution >= 0.6 is 0 Å². The molecule has 0 aliphatic carbocycles. The minimum absolute atomic E-state index is 0.0597. The summed E-state index contributed by atoms with van der Waals surface area (Å²) in [5.74, 6) is -0.123. The molecule has 2 aromatic carbocycles. The van der Waals surface area contributed by atoms with Crippen LogP contribution in [-0.2, 0) is 4.79 Å². The van der Waals surface area contributed by atoms with Crippen LogP contribution in [0, 0.1) is 0 Å². The highest BCUT2D eigenvalue weighted by Gasteiger charge is 2.16. The Bertz CT molecular complexity index is 731. The Morgan fingerprint density at radius 2 is 1.77 bits per heavy atom. The summed E-state index contributed by atoms with van der Waals surface area (Å²) in [7, 11) is 0. The molecule has 1 unspecified atom stereocenters. The molecule has 0 spiro atoms. The van der Waals surface area contributed by atoms with Gasteiger partial charge >= 0.3 is 0 Å². The molecule has 2 N–H and O–H groups in total. The van der Waals surface area contributed by atoms with Gasteiger partial charge in [-0.3, -0.25) is 9.59 Å². The SMILES string of the molecule is CCC(C)NC(=O)CNc1cccc(C(=O)N(CC)c2ccccc2)c1. The van der Waals surface area contributed by atoms with Gasteiger partial charge in [0.25, 0.3) is 5.91 Å². The normalized spacial score (nSPS) is 11.5. The van der Waals surface area contributed by atoms with Gasteiger partial charge in [-0.15, -0.1) is 0 Å². The summed E-state index contributed by atoms with van der Waals surface area (Å²) in [5.41, 5.74) is 2.20. The van der Waals surface area contributed by atoms with Gasteiger partial charge in [0.15, 0.2) is 0 Å². The largest absolute Gasteiger partial charge is 0.376 e. The fourth-order valence-electron chi connectivity index (χ4n) is 2.58. The van der Waals surface area contributed by atoms with E-state index in [1.165, 1.54) is 0 Å². The first-order valence-corrected chi connectivity index (χ1v) is 9.05. The summed E-state index contributed by atoms with van der Waals surface area (Å²) in [6.45, 7) is 6.71. The van der Waals surface area contributed by atoms with Gasteiger partial charge < -0.3 is 15.5 Å².